The summed E-state index contributed by atoms with van der Waals surface area (Å²) in [5, 5.41) is 11.7. The van der Waals surface area contributed by atoms with Gasteiger partial charge in [-0.3, -0.25) is 4.98 Å². The number of nitrogens with zero attached hydrogens (tertiary/aromatic N) is 1. The first-order valence-electron chi connectivity index (χ1n) is 4.19. The molecule has 6 nitrogen and oxygen atoms in total. The quantitative estimate of drug-likeness (QED) is 0.577. The molecule has 3 N–H and O–H groups in total. The van der Waals surface area contributed by atoms with E-state index in [0.29, 0.717) is 12.4 Å². The van der Waals surface area contributed by atoms with Gasteiger partial charge in [-0.25, -0.2) is 9.78 Å². The predicted octanol–water partition coefficient (Wildman–Crippen LogP) is -0.811. The van der Waals surface area contributed by atoms with Crippen LogP contribution in [-0.4, -0.2) is 41.4 Å². The zero-order valence-corrected chi connectivity index (χ0v) is 7.86. The first kappa shape index (κ1) is 10.7. The van der Waals surface area contributed by atoms with E-state index in [1.165, 1.54) is 13.3 Å². The Hall–Kier alpha value is -1.40. The summed E-state index contributed by atoms with van der Waals surface area (Å²) in [5.41, 5.74) is -0.409. The monoisotopic (exact) mass is 199 g/mol. The standard InChI is InChI=1S/C8H13N3O3/c1-14-6(5-12)4-10-7-2-3-9-8(13)11-7/h2-3,6,12H,4-5H2,1H3,(H2,9,10,11,13). The van der Waals surface area contributed by atoms with E-state index in [1.807, 2.05) is 0 Å². The van der Waals surface area contributed by atoms with E-state index in [4.69, 9.17) is 9.84 Å². The number of nitrogens with one attached hydrogen (secondary N) is 2. The summed E-state index contributed by atoms with van der Waals surface area (Å²) in [6.45, 7) is 0.353. The van der Waals surface area contributed by atoms with Crippen molar-refractivity contribution in [3.8, 4) is 0 Å². The Morgan fingerprint density at radius 1 is 1.79 bits per heavy atom. The van der Waals surface area contributed by atoms with E-state index in [2.05, 4.69) is 15.3 Å². The Morgan fingerprint density at radius 2 is 2.57 bits per heavy atom. The number of aliphatic hydroxyl groups excluding tert-OH is 1. The average Bonchev–Trinajstić information content (AvgIpc) is 2.19. The van der Waals surface area contributed by atoms with Gasteiger partial charge in [-0.05, 0) is 6.07 Å². The van der Waals surface area contributed by atoms with Crippen LogP contribution in [0.25, 0.3) is 0 Å². The van der Waals surface area contributed by atoms with Crippen molar-refractivity contribution in [3.63, 3.8) is 0 Å². The van der Waals surface area contributed by atoms with E-state index in [9.17, 15) is 4.79 Å². The molecule has 0 aliphatic rings. The van der Waals surface area contributed by atoms with Gasteiger partial charge < -0.3 is 15.2 Å². The van der Waals surface area contributed by atoms with Crippen LogP contribution in [0, 0.1) is 0 Å². The summed E-state index contributed by atoms with van der Waals surface area (Å²) in [6.07, 6.45) is 1.12. The molecule has 78 valence electrons. The van der Waals surface area contributed by atoms with Crippen molar-refractivity contribution in [1.29, 1.82) is 0 Å². The highest BCUT2D eigenvalue weighted by Crippen LogP contribution is 1.97. The van der Waals surface area contributed by atoms with Crippen molar-refractivity contribution in [2.75, 3.05) is 25.6 Å². The van der Waals surface area contributed by atoms with E-state index in [1.54, 1.807) is 6.07 Å². The SMILES string of the molecule is COC(CO)CNc1ccnc(=O)[nH]1. The van der Waals surface area contributed by atoms with Crippen LogP contribution in [0.4, 0.5) is 5.82 Å². The lowest BCUT2D eigenvalue weighted by Gasteiger charge is -2.13. The molecule has 0 bridgehead atoms. The molecule has 0 amide bonds. The van der Waals surface area contributed by atoms with Gasteiger partial charge in [0.05, 0.1) is 12.7 Å². The van der Waals surface area contributed by atoms with Crippen LogP contribution < -0.4 is 11.0 Å². The van der Waals surface area contributed by atoms with Crippen molar-refractivity contribution in [3.05, 3.63) is 22.7 Å². The number of rotatable bonds is 5. The van der Waals surface area contributed by atoms with Gasteiger partial charge >= 0.3 is 5.69 Å². The third-order valence-electron chi connectivity index (χ3n) is 1.73. The van der Waals surface area contributed by atoms with Crippen LogP contribution in [0.3, 0.4) is 0 Å². The second-order valence-corrected chi connectivity index (χ2v) is 2.71. The van der Waals surface area contributed by atoms with Gasteiger partial charge in [-0.2, -0.15) is 0 Å². The van der Waals surface area contributed by atoms with Crippen LogP contribution >= 0.6 is 0 Å². The van der Waals surface area contributed by atoms with Gasteiger partial charge in [0, 0.05) is 19.9 Å². The van der Waals surface area contributed by atoms with E-state index >= 15 is 0 Å². The van der Waals surface area contributed by atoms with Crippen molar-refractivity contribution >= 4 is 5.82 Å². The Kier molecular flexibility index (Phi) is 4.09. The molecule has 0 radical (unpaired) electrons. The smallest absolute Gasteiger partial charge is 0.346 e. The molecule has 1 aromatic rings. The fraction of sp³-hybridized carbons (Fsp3) is 0.500. The highest BCUT2D eigenvalue weighted by Gasteiger charge is 2.04. The molecule has 0 fully saturated rings. The molecule has 1 unspecified atom stereocenters. The number of ether oxygens (including phenoxy) is 1. The minimum Gasteiger partial charge on any atom is -0.394 e. The second kappa shape index (κ2) is 5.36. The molecule has 1 heterocycles. The number of anilines is 1. The maximum atomic E-state index is 10.8. The summed E-state index contributed by atoms with van der Waals surface area (Å²) in [4.78, 5) is 16.8. The van der Waals surface area contributed by atoms with Gasteiger partial charge in [-0.1, -0.05) is 0 Å². The van der Waals surface area contributed by atoms with Crippen LogP contribution in [0.2, 0.25) is 0 Å². The van der Waals surface area contributed by atoms with Crippen LogP contribution in [0.5, 0.6) is 0 Å². The molecule has 0 saturated heterocycles. The molecule has 1 rings (SSSR count). The van der Waals surface area contributed by atoms with Gasteiger partial charge in [0.15, 0.2) is 0 Å². The lowest BCUT2D eigenvalue weighted by atomic mass is 10.3. The summed E-state index contributed by atoms with van der Waals surface area (Å²) in [5.74, 6) is 0.556. The molecule has 6 heteroatoms. The fourth-order valence-corrected chi connectivity index (χ4v) is 0.918. The molecule has 0 aliphatic heterocycles. The number of aliphatic hydroxyl groups is 1. The van der Waals surface area contributed by atoms with Crippen LogP contribution in [0.15, 0.2) is 17.1 Å². The van der Waals surface area contributed by atoms with Gasteiger partial charge in [0.1, 0.15) is 5.82 Å². The first-order valence-corrected chi connectivity index (χ1v) is 4.19. The fourth-order valence-electron chi connectivity index (χ4n) is 0.918. The Bertz CT molecular complexity index is 322. The molecule has 1 atom stereocenters. The normalized spacial score (nSPS) is 12.4. The van der Waals surface area contributed by atoms with E-state index < -0.39 is 5.69 Å². The number of aromatic nitrogens is 2. The highest BCUT2D eigenvalue weighted by molar-refractivity contribution is 5.31. The molecule has 0 aliphatic carbocycles. The Balaban J connectivity index is 2.49. The first-order chi connectivity index (χ1) is 6.76. The number of hydrogen-bond donors (Lipinski definition) is 3. The van der Waals surface area contributed by atoms with Crippen molar-refractivity contribution in [2.45, 2.75) is 6.10 Å². The summed E-state index contributed by atoms with van der Waals surface area (Å²) in [6, 6.07) is 1.63. The molecular weight excluding hydrogens is 186 g/mol. The topological polar surface area (TPSA) is 87.2 Å². The number of methoxy groups -OCH3 is 1. The Labute approximate surface area is 80.9 Å². The summed E-state index contributed by atoms with van der Waals surface area (Å²) >= 11 is 0. The average molecular weight is 199 g/mol. The van der Waals surface area contributed by atoms with Crippen LogP contribution in [-0.2, 0) is 4.74 Å². The Morgan fingerprint density at radius 3 is 3.14 bits per heavy atom. The molecule has 14 heavy (non-hydrogen) atoms. The molecular formula is C8H13N3O3. The third-order valence-corrected chi connectivity index (χ3v) is 1.73. The minimum absolute atomic E-state index is 0.0706. The lowest BCUT2D eigenvalue weighted by Crippen LogP contribution is -2.26. The molecule has 0 saturated carbocycles. The van der Waals surface area contributed by atoms with Gasteiger partial charge in [0.2, 0.25) is 0 Å². The van der Waals surface area contributed by atoms with Gasteiger partial charge in [0.25, 0.3) is 0 Å². The van der Waals surface area contributed by atoms with Gasteiger partial charge in [-0.15, -0.1) is 0 Å². The van der Waals surface area contributed by atoms with Crippen molar-refractivity contribution in [1.82, 2.24) is 9.97 Å². The second-order valence-electron chi connectivity index (χ2n) is 2.71. The lowest BCUT2D eigenvalue weighted by molar-refractivity contribution is 0.0581. The zero-order chi connectivity index (χ0) is 10.4. The molecule has 0 aromatic carbocycles. The zero-order valence-electron chi connectivity index (χ0n) is 7.86. The third kappa shape index (κ3) is 3.15. The molecule has 0 spiro atoms. The largest absolute Gasteiger partial charge is 0.394 e. The predicted molar refractivity (Wildman–Crippen MR) is 51.2 cm³/mol. The van der Waals surface area contributed by atoms with Crippen molar-refractivity contribution < 1.29 is 9.84 Å². The van der Waals surface area contributed by atoms with Crippen LogP contribution in [0.1, 0.15) is 0 Å². The number of aromatic amines is 1. The van der Waals surface area contributed by atoms with E-state index in [0.717, 1.165) is 0 Å². The number of hydrogen-bond acceptors (Lipinski definition) is 5. The maximum absolute atomic E-state index is 10.8. The summed E-state index contributed by atoms with van der Waals surface area (Å²) < 4.78 is 4.93. The maximum Gasteiger partial charge on any atom is 0.346 e. The highest BCUT2D eigenvalue weighted by atomic mass is 16.5. The molecule has 1 aromatic heterocycles. The van der Waals surface area contributed by atoms with Crippen molar-refractivity contribution in [2.24, 2.45) is 0 Å². The van der Waals surface area contributed by atoms with E-state index in [-0.39, 0.29) is 12.7 Å². The number of H-pyrrole nitrogens is 1. The summed E-state index contributed by atoms with van der Waals surface area (Å²) in [7, 11) is 1.51. The minimum atomic E-state index is -0.409.